The Balaban J connectivity index is 2.09. The number of carbonyl (C=O) groups is 5. The van der Waals surface area contributed by atoms with Gasteiger partial charge >= 0.3 is 6.03 Å². The van der Waals surface area contributed by atoms with E-state index in [2.05, 4.69) is 4.99 Å². The summed E-state index contributed by atoms with van der Waals surface area (Å²) in [7, 11) is 0. The lowest BCUT2D eigenvalue weighted by Gasteiger charge is -2.28. The summed E-state index contributed by atoms with van der Waals surface area (Å²) in [5, 5.41) is 14.7. The number of anilines is 1. The Hall–Kier alpha value is -3.27. The van der Waals surface area contributed by atoms with Crippen LogP contribution < -0.4 is 20.6 Å². The molecule has 1 aliphatic rings. The van der Waals surface area contributed by atoms with E-state index in [0.717, 1.165) is 11.1 Å². The molecule has 11 heteroatoms. The van der Waals surface area contributed by atoms with Crippen molar-refractivity contribution in [3.8, 4) is 0 Å². The van der Waals surface area contributed by atoms with Crippen molar-refractivity contribution in [3.63, 3.8) is 0 Å². The number of halogens is 1. The van der Waals surface area contributed by atoms with Gasteiger partial charge in [0.2, 0.25) is 11.8 Å². The highest BCUT2D eigenvalue weighted by atomic mass is 35.5. The van der Waals surface area contributed by atoms with E-state index in [0.29, 0.717) is 5.02 Å². The standard InChI is InChI=1S/C15H13ClN4O6/c16-8-1-3-9(4-2-8)20-14(25)10(13(24)19-15(20)26)5-17-6-11(21)18-7-12(22)23/h1-5,10H,6-7H2,(H,18,21)(H,22,23)(H,19,24,26)/p-1/t10-/m1/s1. The van der Waals surface area contributed by atoms with Gasteiger partial charge in [-0.1, -0.05) is 11.6 Å². The third-order valence-electron chi connectivity index (χ3n) is 3.21. The van der Waals surface area contributed by atoms with E-state index in [1.165, 1.54) is 24.3 Å². The number of carbonyl (C=O) groups excluding carboxylic acids is 5. The third kappa shape index (κ3) is 4.63. The Labute approximate surface area is 151 Å². The van der Waals surface area contributed by atoms with Crippen LogP contribution in [0.2, 0.25) is 5.02 Å². The van der Waals surface area contributed by atoms with Crippen molar-refractivity contribution in [2.75, 3.05) is 18.0 Å². The maximum atomic E-state index is 12.5. The number of hydrogen-bond acceptors (Lipinski definition) is 7. The molecule has 2 rings (SSSR count). The number of benzene rings is 1. The second kappa shape index (κ2) is 8.21. The van der Waals surface area contributed by atoms with Gasteiger partial charge in [0.1, 0.15) is 6.54 Å². The predicted molar refractivity (Wildman–Crippen MR) is 87.3 cm³/mol. The first kappa shape index (κ1) is 19.1. The number of hydrogen-bond donors (Lipinski definition) is 2. The van der Waals surface area contributed by atoms with Gasteiger partial charge < -0.3 is 15.2 Å². The monoisotopic (exact) mass is 379 g/mol. The first-order chi connectivity index (χ1) is 12.3. The molecule has 0 unspecified atom stereocenters. The molecule has 1 atom stereocenters. The molecule has 0 aromatic heterocycles. The number of carboxylic acids is 1. The molecule has 1 aromatic carbocycles. The van der Waals surface area contributed by atoms with Gasteiger partial charge in [-0.25, -0.2) is 9.69 Å². The molecule has 0 aliphatic carbocycles. The largest absolute Gasteiger partial charge is 0.548 e. The fourth-order valence-electron chi connectivity index (χ4n) is 2.02. The van der Waals surface area contributed by atoms with Gasteiger partial charge in [-0.05, 0) is 24.3 Å². The number of carboxylic acid groups (broad SMARTS) is 1. The minimum absolute atomic E-state index is 0.203. The molecule has 0 spiro atoms. The van der Waals surface area contributed by atoms with Gasteiger partial charge in [0.15, 0.2) is 5.92 Å². The molecular weight excluding hydrogens is 368 g/mol. The molecule has 136 valence electrons. The van der Waals surface area contributed by atoms with Gasteiger partial charge in [-0.3, -0.25) is 24.7 Å². The second-order valence-electron chi connectivity index (χ2n) is 5.06. The summed E-state index contributed by atoms with van der Waals surface area (Å²) in [6, 6.07) is 4.88. The molecule has 26 heavy (non-hydrogen) atoms. The average Bonchev–Trinajstić information content (AvgIpc) is 2.57. The number of nitrogens with zero attached hydrogens (tertiary/aromatic N) is 2. The van der Waals surface area contributed by atoms with Crippen LogP contribution in [-0.4, -0.2) is 49.0 Å². The average molecular weight is 380 g/mol. The van der Waals surface area contributed by atoms with Crippen LogP contribution in [0.4, 0.5) is 10.5 Å². The topological polar surface area (TPSA) is 148 Å². The Kier molecular flexibility index (Phi) is 6.02. The summed E-state index contributed by atoms with van der Waals surface area (Å²) in [5.41, 5.74) is 0.203. The molecule has 1 aromatic rings. The van der Waals surface area contributed by atoms with Gasteiger partial charge in [-0.15, -0.1) is 0 Å². The van der Waals surface area contributed by atoms with E-state index >= 15 is 0 Å². The maximum absolute atomic E-state index is 12.5. The molecule has 1 fully saturated rings. The van der Waals surface area contributed by atoms with E-state index in [-0.39, 0.29) is 5.69 Å². The normalized spacial score (nSPS) is 17.3. The predicted octanol–water partition coefficient (Wildman–Crippen LogP) is -1.52. The van der Waals surface area contributed by atoms with Crippen molar-refractivity contribution in [2.45, 2.75) is 0 Å². The van der Waals surface area contributed by atoms with Crippen molar-refractivity contribution in [1.82, 2.24) is 10.6 Å². The van der Waals surface area contributed by atoms with Crippen LogP contribution in [0.1, 0.15) is 0 Å². The van der Waals surface area contributed by atoms with Crippen molar-refractivity contribution >= 4 is 53.2 Å². The molecule has 0 bridgehead atoms. The van der Waals surface area contributed by atoms with Crippen molar-refractivity contribution in [3.05, 3.63) is 29.3 Å². The minimum atomic E-state index is -1.47. The number of nitrogens with one attached hydrogen (secondary N) is 2. The number of urea groups is 1. The van der Waals surface area contributed by atoms with Gasteiger partial charge in [0, 0.05) is 11.2 Å². The fourth-order valence-corrected chi connectivity index (χ4v) is 2.15. The molecule has 10 nitrogen and oxygen atoms in total. The first-order valence-corrected chi connectivity index (χ1v) is 7.58. The Morgan fingerprint density at radius 3 is 2.54 bits per heavy atom. The number of amides is 5. The lowest BCUT2D eigenvalue weighted by atomic mass is 10.1. The molecule has 2 N–H and O–H groups in total. The SMILES string of the molecule is O=C([O-])CNC(=O)CN=C[C@@H]1C(=O)NC(=O)N(c2ccc(Cl)cc2)C1=O. The molecule has 1 aliphatic heterocycles. The van der Waals surface area contributed by atoms with Crippen LogP contribution in [0.15, 0.2) is 29.3 Å². The fraction of sp³-hybridized carbons (Fsp3) is 0.200. The van der Waals surface area contributed by atoms with Crippen LogP contribution in [0.3, 0.4) is 0 Å². The number of aliphatic imine (C=N–C) groups is 1. The number of aliphatic carboxylic acids is 1. The summed E-state index contributed by atoms with van der Waals surface area (Å²) in [4.78, 5) is 62.2. The molecular formula is C15H12ClN4O6-. The Bertz CT molecular complexity index is 792. The van der Waals surface area contributed by atoms with Crippen LogP contribution in [-0.2, 0) is 19.2 Å². The summed E-state index contributed by atoms with van der Waals surface area (Å²) in [6.45, 7) is -1.19. The van der Waals surface area contributed by atoms with Gasteiger partial charge in [0.05, 0.1) is 18.2 Å². The lowest BCUT2D eigenvalue weighted by Crippen LogP contribution is -2.58. The quantitative estimate of drug-likeness (QED) is 0.452. The molecule has 0 radical (unpaired) electrons. The van der Waals surface area contributed by atoms with Crippen LogP contribution in [0.25, 0.3) is 0 Å². The summed E-state index contributed by atoms with van der Waals surface area (Å²) in [5.74, 6) is -5.36. The van der Waals surface area contributed by atoms with Crippen LogP contribution in [0.5, 0.6) is 0 Å². The summed E-state index contributed by atoms with van der Waals surface area (Å²) in [6.07, 6.45) is 0.922. The molecule has 1 saturated heterocycles. The van der Waals surface area contributed by atoms with E-state index < -0.39 is 48.7 Å². The maximum Gasteiger partial charge on any atom is 0.335 e. The Morgan fingerprint density at radius 2 is 1.92 bits per heavy atom. The highest BCUT2D eigenvalue weighted by Crippen LogP contribution is 2.22. The van der Waals surface area contributed by atoms with E-state index in [4.69, 9.17) is 11.6 Å². The number of barbiturate groups is 1. The second-order valence-corrected chi connectivity index (χ2v) is 5.50. The van der Waals surface area contributed by atoms with E-state index in [9.17, 15) is 29.1 Å². The number of imide groups is 2. The summed E-state index contributed by atoms with van der Waals surface area (Å²) >= 11 is 5.76. The van der Waals surface area contributed by atoms with Crippen LogP contribution >= 0.6 is 11.6 Å². The molecule has 5 amide bonds. The van der Waals surface area contributed by atoms with Crippen molar-refractivity contribution in [1.29, 1.82) is 0 Å². The number of rotatable bonds is 6. The zero-order valence-corrected chi connectivity index (χ0v) is 13.9. The highest BCUT2D eigenvalue weighted by molar-refractivity contribution is 6.33. The van der Waals surface area contributed by atoms with Gasteiger partial charge in [-0.2, -0.15) is 0 Å². The lowest BCUT2D eigenvalue weighted by molar-refractivity contribution is -0.304. The minimum Gasteiger partial charge on any atom is -0.548 e. The van der Waals surface area contributed by atoms with E-state index in [1.54, 1.807) is 0 Å². The first-order valence-electron chi connectivity index (χ1n) is 7.20. The smallest absolute Gasteiger partial charge is 0.335 e. The zero-order chi connectivity index (χ0) is 19.3. The van der Waals surface area contributed by atoms with Crippen LogP contribution in [0, 0.1) is 5.92 Å². The van der Waals surface area contributed by atoms with Crippen molar-refractivity contribution in [2.24, 2.45) is 10.9 Å². The highest BCUT2D eigenvalue weighted by Gasteiger charge is 2.40. The molecule has 1 heterocycles. The third-order valence-corrected chi connectivity index (χ3v) is 3.46. The van der Waals surface area contributed by atoms with Gasteiger partial charge in [0.25, 0.3) is 5.91 Å². The zero-order valence-electron chi connectivity index (χ0n) is 13.1. The van der Waals surface area contributed by atoms with Crippen molar-refractivity contribution < 1.29 is 29.1 Å². The Morgan fingerprint density at radius 1 is 1.27 bits per heavy atom. The summed E-state index contributed by atoms with van der Waals surface area (Å²) < 4.78 is 0. The van der Waals surface area contributed by atoms with E-state index in [1.807, 2.05) is 10.6 Å². The molecule has 0 saturated carbocycles.